The van der Waals surface area contributed by atoms with E-state index in [1.54, 1.807) is 14.2 Å². The minimum Gasteiger partial charge on any atom is -0.497 e. The first-order valence-corrected chi connectivity index (χ1v) is 11.8. The number of rotatable bonds is 8. The molecule has 1 heterocycles. The molecule has 0 saturated heterocycles. The fraction of sp³-hybridized carbons (Fsp3) is 0.133. The van der Waals surface area contributed by atoms with Crippen LogP contribution in [0, 0.1) is 0 Å². The molecular weight excluding hydrogens is 448 g/mol. The number of hydrazone groups is 2. The Morgan fingerprint density at radius 3 is 2.08 bits per heavy atom. The van der Waals surface area contributed by atoms with Gasteiger partial charge in [-0.3, -0.25) is 10.4 Å². The maximum atomic E-state index is 5.36. The number of hydrogen-bond donors (Lipinski definition) is 1. The summed E-state index contributed by atoms with van der Waals surface area (Å²) in [6.45, 7) is 0. The minimum atomic E-state index is 0.0762. The standard InChI is InChI=1S/C30H28N4O2/c1-35-27-16-10-23(11-17-27)29-20-30(24-12-18-28(36-2)19-13-24)34(33-29)26-14-8-22(9-15-26)21-31-32-25-6-4-3-5-7-25/h3-19,21,30,32H,20H2,1-2H3/b31-21+. The molecule has 6 nitrogen and oxygen atoms in total. The van der Waals surface area contributed by atoms with Crippen molar-refractivity contribution in [3.63, 3.8) is 0 Å². The van der Waals surface area contributed by atoms with Gasteiger partial charge in [0.1, 0.15) is 11.5 Å². The van der Waals surface area contributed by atoms with Gasteiger partial charge in [0.25, 0.3) is 0 Å². The summed E-state index contributed by atoms with van der Waals surface area (Å²) in [4.78, 5) is 0. The lowest BCUT2D eigenvalue weighted by molar-refractivity contribution is 0.414. The van der Waals surface area contributed by atoms with Gasteiger partial charge in [0.15, 0.2) is 0 Å². The summed E-state index contributed by atoms with van der Waals surface area (Å²) < 4.78 is 10.7. The molecule has 1 unspecified atom stereocenters. The maximum absolute atomic E-state index is 5.36. The van der Waals surface area contributed by atoms with E-state index in [0.717, 1.165) is 46.1 Å². The molecule has 4 aromatic carbocycles. The predicted molar refractivity (Wildman–Crippen MR) is 146 cm³/mol. The zero-order chi connectivity index (χ0) is 24.7. The van der Waals surface area contributed by atoms with Gasteiger partial charge in [0, 0.05) is 6.42 Å². The molecule has 180 valence electrons. The van der Waals surface area contributed by atoms with Crippen LogP contribution in [0.3, 0.4) is 0 Å². The number of nitrogens with zero attached hydrogens (tertiary/aromatic N) is 3. The van der Waals surface area contributed by atoms with Gasteiger partial charge >= 0.3 is 0 Å². The molecule has 4 aromatic rings. The minimum absolute atomic E-state index is 0.0762. The molecule has 0 fully saturated rings. The Kier molecular flexibility index (Phi) is 6.94. The van der Waals surface area contributed by atoms with E-state index in [1.807, 2.05) is 60.8 Å². The number of methoxy groups -OCH3 is 2. The summed E-state index contributed by atoms with van der Waals surface area (Å²) in [6.07, 6.45) is 2.61. The summed E-state index contributed by atoms with van der Waals surface area (Å²) in [7, 11) is 3.36. The van der Waals surface area contributed by atoms with Crippen molar-refractivity contribution < 1.29 is 9.47 Å². The van der Waals surface area contributed by atoms with Crippen LogP contribution in [0.25, 0.3) is 0 Å². The van der Waals surface area contributed by atoms with Gasteiger partial charge in [-0.15, -0.1) is 0 Å². The van der Waals surface area contributed by atoms with E-state index in [2.05, 4.69) is 64.1 Å². The molecule has 0 radical (unpaired) electrons. The summed E-state index contributed by atoms with van der Waals surface area (Å²) in [6, 6.07) is 34.5. The van der Waals surface area contributed by atoms with Crippen molar-refractivity contribution in [1.29, 1.82) is 0 Å². The topological polar surface area (TPSA) is 58.5 Å². The van der Waals surface area contributed by atoms with E-state index in [4.69, 9.17) is 14.6 Å². The fourth-order valence-corrected chi connectivity index (χ4v) is 4.20. The quantitative estimate of drug-likeness (QED) is 0.233. The fourth-order valence-electron chi connectivity index (χ4n) is 4.20. The van der Waals surface area contributed by atoms with Crippen LogP contribution < -0.4 is 19.9 Å². The molecule has 36 heavy (non-hydrogen) atoms. The lowest BCUT2D eigenvalue weighted by atomic mass is 9.98. The zero-order valence-corrected chi connectivity index (χ0v) is 20.3. The SMILES string of the molecule is COc1ccc(C2=NN(c3ccc(/C=N/Nc4ccccc4)cc3)C(c3ccc(OC)cc3)C2)cc1. The second-order valence-corrected chi connectivity index (χ2v) is 8.44. The Bertz CT molecular complexity index is 1330. The zero-order valence-electron chi connectivity index (χ0n) is 20.3. The number of hydrogen-bond acceptors (Lipinski definition) is 6. The number of benzene rings is 4. The third-order valence-electron chi connectivity index (χ3n) is 6.17. The van der Waals surface area contributed by atoms with Gasteiger partial charge in [0.2, 0.25) is 0 Å². The van der Waals surface area contributed by atoms with Crippen LogP contribution >= 0.6 is 0 Å². The first-order valence-electron chi connectivity index (χ1n) is 11.8. The van der Waals surface area contributed by atoms with Crippen LogP contribution in [0.1, 0.15) is 29.2 Å². The highest BCUT2D eigenvalue weighted by Gasteiger charge is 2.30. The van der Waals surface area contributed by atoms with Crippen LogP contribution in [0.2, 0.25) is 0 Å². The van der Waals surface area contributed by atoms with Crippen molar-refractivity contribution in [1.82, 2.24) is 0 Å². The number of ether oxygens (including phenoxy) is 2. The normalized spacial score (nSPS) is 15.1. The highest BCUT2D eigenvalue weighted by Crippen LogP contribution is 2.37. The Morgan fingerprint density at radius 1 is 0.806 bits per heavy atom. The number of para-hydroxylation sites is 1. The van der Waals surface area contributed by atoms with Crippen molar-refractivity contribution in [2.75, 3.05) is 24.7 Å². The van der Waals surface area contributed by atoms with Crippen LogP contribution in [0.15, 0.2) is 113 Å². The van der Waals surface area contributed by atoms with Gasteiger partial charge in [0.05, 0.1) is 43.6 Å². The maximum Gasteiger partial charge on any atom is 0.118 e. The molecule has 1 N–H and O–H groups in total. The Hall–Kier alpha value is -4.58. The highest BCUT2D eigenvalue weighted by molar-refractivity contribution is 6.03. The monoisotopic (exact) mass is 476 g/mol. The van der Waals surface area contributed by atoms with Gasteiger partial charge in [-0.05, 0) is 77.4 Å². The van der Waals surface area contributed by atoms with Crippen LogP contribution in [-0.4, -0.2) is 26.1 Å². The molecule has 1 atom stereocenters. The van der Waals surface area contributed by atoms with E-state index in [0.29, 0.717) is 0 Å². The summed E-state index contributed by atoms with van der Waals surface area (Å²) in [5.74, 6) is 1.67. The number of nitrogens with one attached hydrogen (secondary N) is 1. The molecule has 0 amide bonds. The lowest BCUT2D eigenvalue weighted by Crippen LogP contribution is -2.18. The van der Waals surface area contributed by atoms with Crippen molar-refractivity contribution in [3.8, 4) is 11.5 Å². The lowest BCUT2D eigenvalue weighted by Gasteiger charge is -2.24. The summed E-state index contributed by atoms with van der Waals surface area (Å²) >= 11 is 0. The van der Waals surface area contributed by atoms with Gasteiger partial charge in [-0.2, -0.15) is 10.2 Å². The van der Waals surface area contributed by atoms with E-state index in [1.165, 1.54) is 5.56 Å². The molecule has 5 rings (SSSR count). The van der Waals surface area contributed by atoms with Gasteiger partial charge < -0.3 is 9.47 Å². The Labute approximate surface area is 211 Å². The molecule has 1 aliphatic heterocycles. The number of anilines is 2. The first-order chi connectivity index (χ1) is 17.7. The molecule has 0 saturated carbocycles. The average Bonchev–Trinajstić information content (AvgIpc) is 3.40. The van der Waals surface area contributed by atoms with Crippen molar-refractivity contribution in [2.45, 2.75) is 12.5 Å². The largest absolute Gasteiger partial charge is 0.497 e. The van der Waals surface area contributed by atoms with E-state index < -0.39 is 0 Å². The van der Waals surface area contributed by atoms with E-state index >= 15 is 0 Å². The third kappa shape index (κ3) is 5.23. The second kappa shape index (κ2) is 10.8. The van der Waals surface area contributed by atoms with Crippen LogP contribution in [0.4, 0.5) is 11.4 Å². The molecule has 1 aliphatic rings. The molecular formula is C30H28N4O2. The van der Waals surface area contributed by atoms with Crippen molar-refractivity contribution in [2.24, 2.45) is 10.2 Å². The summed E-state index contributed by atoms with van der Waals surface area (Å²) in [5.41, 5.74) is 9.33. The molecule has 6 heteroatoms. The molecule has 0 spiro atoms. The molecule has 0 aromatic heterocycles. The second-order valence-electron chi connectivity index (χ2n) is 8.44. The summed E-state index contributed by atoms with van der Waals surface area (Å²) in [5, 5.41) is 11.5. The van der Waals surface area contributed by atoms with Crippen molar-refractivity contribution in [3.05, 3.63) is 120 Å². The van der Waals surface area contributed by atoms with Crippen LogP contribution in [-0.2, 0) is 0 Å². The molecule has 0 aliphatic carbocycles. The highest BCUT2D eigenvalue weighted by atomic mass is 16.5. The van der Waals surface area contributed by atoms with Gasteiger partial charge in [-0.25, -0.2) is 0 Å². The van der Waals surface area contributed by atoms with E-state index in [-0.39, 0.29) is 6.04 Å². The molecule has 0 bridgehead atoms. The van der Waals surface area contributed by atoms with E-state index in [9.17, 15) is 0 Å². The Balaban J connectivity index is 1.39. The van der Waals surface area contributed by atoms with Gasteiger partial charge in [-0.1, -0.05) is 42.5 Å². The van der Waals surface area contributed by atoms with Crippen molar-refractivity contribution >= 4 is 23.3 Å². The Morgan fingerprint density at radius 2 is 1.44 bits per heavy atom. The van der Waals surface area contributed by atoms with Crippen LogP contribution in [0.5, 0.6) is 11.5 Å². The smallest absolute Gasteiger partial charge is 0.118 e. The average molecular weight is 477 g/mol. The first kappa shape index (κ1) is 23.2. The third-order valence-corrected chi connectivity index (χ3v) is 6.17. The predicted octanol–water partition coefficient (Wildman–Crippen LogP) is 6.51.